The molecule has 4 nitrogen and oxygen atoms in total. The van der Waals surface area contributed by atoms with Crippen LogP contribution in [-0.4, -0.2) is 18.4 Å². The minimum atomic E-state index is -0.379. The van der Waals surface area contributed by atoms with Crippen LogP contribution in [0.4, 0.5) is 11.4 Å². The van der Waals surface area contributed by atoms with Crippen LogP contribution < -0.4 is 10.2 Å². The standard InChI is InChI=1S/C19H18BrClN2O2/c1-11-5-12(2)7-15(6-11)23-10-13(8-18(23)24)19(25)22-14-3-4-16(20)17(21)9-14/h3-7,9,13H,8,10H2,1-2H3,(H,22,25)/t13-/m0/s1. The number of rotatable bonds is 3. The maximum Gasteiger partial charge on any atom is 0.229 e. The topological polar surface area (TPSA) is 49.4 Å². The highest BCUT2D eigenvalue weighted by Crippen LogP contribution is 2.29. The van der Waals surface area contributed by atoms with E-state index >= 15 is 0 Å². The molecule has 2 amide bonds. The lowest BCUT2D eigenvalue weighted by Crippen LogP contribution is -2.28. The molecule has 2 aromatic carbocycles. The van der Waals surface area contributed by atoms with Crippen molar-refractivity contribution in [2.24, 2.45) is 5.92 Å². The van der Waals surface area contributed by atoms with E-state index < -0.39 is 0 Å². The number of hydrogen-bond donors (Lipinski definition) is 1. The molecular weight excluding hydrogens is 404 g/mol. The van der Waals surface area contributed by atoms with Crippen LogP contribution in [0.15, 0.2) is 40.9 Å². The van der Waals surface area contributed by atoms with Crippen LogP contribution in [0.5, 0.6) is 0 Å². The van der Waals surface area contributed by atoms with Crippen LogP contribution >= 0.6 is 27.5 Å². The molecule has 1 fully saturated rings. The number of aryl methyl sites for hydroxylation is 2. The van der Waals surface area contributed by atoms with Gasteiger partial charge in [0, 0.05) is 28.8 Å². The van der Waals surface area contributed by atoms with Gasteiger partial charge in [-0.05, 0) is 71.2 Å². The Morgan fingerprint density at radius 3 is 2.52 bits per heavy atom. The molecule has 130 valence electrons. The van der Waals surface area contributed by atoms with Gasteiger partial charge in [0.1, 0.15) is 0 Å². The summed E-state index contributed by atoms with van der Waals surface area (Å²) in [6.45, 7) is 4.38. The number of halogens is 2. The summed E-state index contributed by atoms with van der Waals surface area (Å²) < 4.78 is 0.768. The third-order valence-corrected chi connectivity index (χ3v) is 5.43. The molecule has 0 aromatic heterocycles. The quantitative estimate of drug-likeness (QED) is 0.780. The van der Waals surface area contributed by atoms with Crippen molar-refractivity contribution in [2.45, 2.75) is 20.3 Å². The third-order valence-electron chi connectivity index (χ3n) is 4.20. The molecule has 3 rings (SSSR count). The average Bonchev–Trinajstić information content (AvgIpc) is 2.92. The predicted octanol–water partition coefficient (Wildman–Crippen LogP) is 4.71. The van der Waals surface area contributed by atoms with Gasteiger partial charge in [-0.25, -0.2) is 0 Å². The Labute approximate surface area is 160 Å². The molecule has 0 spiro atoms. The van der Waals surface area contributed by atoms with Crippen molar-refractivity contribution in [2.75, 3.05) is 16.8 Å². The summed E-state index contributed by atoms with van der Waals surface area (Å²) in [5.74, 6) is -0.576. The highest BCUT2D eigenvalue weighted by atomic mass is 79.9. The second-order valence-electron chi connectivity index (χ2n) is 6.37. The molecule has 0 radical (unpaired) electrons. The van der Waals surface area contributed by atoms with Crippen LogP contribution in [-0.2, 0) is 9.59 Å². The highest BCUT2D eigenvalue weighted by molar-refractivity contribution is 9.10. The van der Waals surface area contributed by atoms with Crippen LogP contribution in [0.1, 0.15) is 17.5 Å². The van der Waals surface area contributed by atoms with E-state index in [4.69, 9.17) is 11.6 Å². The van der Waals surface area contributed by atoms with Crippen molar-refractivity contribution in [3.8, 4) is 0 Å². The number of amides is 2. The van der Waals surface area contributed by atoms with Crippen LogP contribution in [0.2, 0.25) is 5.02 Å². The number of hydrogen-bond acceptors (Lipinski definition) is 2. The number of carbonyl (C=O) groups excluding carboxylic acids is 2. The zero-order valence-electron chi connectivity index (χ0n) is 14.0. The first-order valence-electron chi connectivity index (χ1n) is 7.98. The smallest absolute Gasteiger partial charge is 0.229 e. The molecule has 1 heterocycles. The normalized spacial score (nSPS) is 17.0. The maximum atomic E-state index is 12.5. The van der Waals surface area contributed by atoms with Crippen LogP contribution in [0.3, 0.4) is 0 Å². The van der Waals surface area contributed by atoms with Gasteiger partial charge in [0.2, 0.25) is 11.8 Å². The fourth-order valence-electron chi connectivity index (χ4n) is 3.06. The van der Waals surface area contributed by atoms with E-state index in [2.05, 4.69) is 27.3 Å². The Balaban J connectivity index is 1.73. The van der Waals surface area contributed by atoms with Gasteiger partial charge in [0.05, 0.1) is 10.9 Å². The van der Waals surface area contributed by atoms with E-state index in [-0.39, 0.29) is 24.2 Å². The van der Waals surface area contributed by atoms with Gasteiger partial charge in [-0.1, -0.05) is 17.7 Å². The molecule has 0 unspecified atom stereocenters. The van der Waals surface area contributed by atoms with Gasteiger partial charge in [0.15, 0.2) is 0 Å². The van der Waals surface area contributed by atoms with Crippen molar-refractivity contribution in [3.63, 3.8) is 0 Å². The van der Waals surface area contributed by atoms with Crippen LogP contribution in [0, 0.1) is 19.8 Å². The first-order chi connectivity index (χ1) is 11.8. The second kappa shape index (κ2) is 7.18. The van der Waals surface area contributed by atoms with Crippen molar-refractivity contribution in [1.82, 2.24) is 0 Å². The minimum absolute atomic E-state index is 0.0287. The fourth-order valence-corrected chi connectivity index (χ4v) is 3.48. The van der Waals surface area contributed by atoms with Crippen molar-refractivity contribution >= 4 is 50.7 Å². The summed E-state index contributed by atoms with van der Waals surface area (Å²) in [5.41, 5.74) is 3.67. The van der Waals surface area contributed by atoms with Gasteiger partial charge in [-0.3, -0.25) is 9.59 Å². The molecular formula is C19H18BrClN2O2. The number of benzene rings is 2. The molecule has 1 aliphatic rings. The molecule has 0 saturated carbocycles. The Kier molecular flexibility index (Phi) is 5.16. The molecule has 1 saturated heterocycles. The van der Waals surface area contributed by atoms with Crippen LogP contribution in [0.25, 0.3) is 0 Å². The summed E-state index contributed by atoms with van der Waals surface area (Å²) in [6.07, 6.45) is 0.211. The van der Waals surface area contributed by atoms with Gasteiger partial charge in [-0.2, -0.15) is 0 Å². The van der Waals surface area contributed by atoms with Crippen molar-refractivity contribution in [1.29, 1.82) is 0 Å². The fraction of sp³-hybridized carbons (Fsp3) is 0.263. The molecule has 25 heavy (non-hydrogen) atoms. The Morgan fingerprint density at radius 2 is 1.88 bits per heavy atom. The molecule has 1 N–H and O–H groups in total. The zero-order chi connectivity index (χ0) is 18.1. The summed E-state index contributed by atoms with van der Waals surface area (Å²) in [4.78, 5) is 26.6. The Bertz CT molecular complexity index is 833. The van der Waals surface area contributed by atoms with E-state index in [1.807, 2.05) is 26.0 Å². The first-order valence-corrected chi connectivity index (χ1v) is 9.15. The summed E-state index contributed by atoms with van der Waals surface area (Å²) in [5, 5.41) is 3.37. The number of anilines is 2. The minimum Gasteiger partial charge on any atom is -0.326 e. The molecule has 6 heteroatoms. The summed E-state index contributed by atoms with van der Waals surface area (Å²) >= 11 is 9.37. The summed E-state index contributed by atoms with van der Waals surface area (Å²) in [7, 11) is 0. The maximum absolute atomic E-state index is 12.5. The van der Waals surface area contributed by atoms with E-state index in [9.17, 15) is 9.59 Å². The lowest BCUT2D eigenvalue weighted by molar-refractivity contribution is -0.122. The van der Waals surface area contributed by atoms with E-state index in [1.54, 1.807) is 23.1 Å². The molecule has 1 aliphatic heterocycles. The molecule has 0 bridgehead atoms. The highest BCUT2D eigenvalue weighted by Gasteiger charge is 2.35. The second-order valence-corrected chi connectivity index (χ2v) is 7.63. The number of carbonyl (C=O) groups is 2. The molecule has 1 atom stereocenters. The van der Waals surface area contributed by atoms with E-state index in [0.717, 1.165) is 21.3 Å². The third kappa shape index (κ3) is 4.05. The SMILES string of the molecule is Cc1cc(C)cc(N2C[C@@H](C(=O)Nc3ccc(Br)c(Cl)c3)CC2=O)c1. The largest absolute Gasteiger partial charge is 0.326 e. The number of nitrogens with one attached hydrogen (secondary N) is 1. The lowest BCUT2D eigenvalue weighted by Gasteiger charge is -2.18. The number of nitrogens with zero attached hydrogens (tertiary/aromatic N) is 1. The van der Waals surface area contributed by atoms with Gasteiger partial charge in [-0.15, -0.1) is 0 Å². The van der Waals surface area contributed by atoms with Gasteiger partial charge < -0.3 is 10.2 Å². The zero-order valence-corrected chi connectivity index (χ0v) is 16.3. The Hall–Kier alpha value is -1.85. The Morgan fingerprint density at radius 1 is 1.20 bits per heavy atom. The van der Waals surface area contributed by atoms with Gasteiger partial charge >= 0.3 is 0 Å². The van der Waals surface area contributed by atoms with E-state index in [0.29, 0.717) is 17.3 Å². The average molecular weight is 422 g/mol. The molecule has 0 aliphatic carbocycles. The summed E-state index contributed by atoms with van der Waals surface area (Å²) in [6, 6.07) is 11.2. The predicted molar refractivity (Wildman–Crippen MR) is 104 cm³/mol. The molecule has 2 aromatic rings. The monoisotopic (exact) mass is 420 g/mol. The van der Waals surface area contributed by atoms with Crippen molar-refractivity contribution < 1.29 is 9.59 Å². The lowest BCUT2D eigenvalue weighted by atomic mass is 10.1. The van der Waals surface area contributed by atoms with Crippen molar-refractivity contribution in [3.05, 3.63) is 57.0 Å². The van der Waals surface area contributed by atoms with E-state index in [1.165, 1.54) is 0 Å². The van der Waals surface area contributed by atoms with Gasteiger partial charge in [0.25, 0.3) is 0 Å². The first kappa shape index (κ1) is 18.0.